The van der Waals surface area contributed by atoms with E-state index in [4.69, 9.17) is 5.73 Å². The molecule has 1 unspecified atom stereocenters. The third kappa shape index (κ3) is 5.72. The summed E-state index contributed by atoms with van der Waals surface area (Å²) in [6, 6.07) is 32.7. The molecule has 1 aliphatic heterocycles. The van der Waals surface area contributed by atoms with Gasteiger partial charge in [-0.25, -0.2) is 4.39 Å². The molecular formula is C32H28FN3O. The molecule has 1 saturated heterocycles. The molecule has 1 aliphatic rings. The van der Waals surface area contributed by atoms with Crippen molar-refractivity contribution in [2.75, 3.05) is 31.1 Å². The number of primary amides is 1. The van der Waals surface area contributed by atoms with Crippen molar-refractivity contribution in [3.63, 3.8) is 0 Å². The van der Waals surface area contributed by atoms with Crippen LogP contribution < -0.4 is 10.6 Å². The standard InChI is InChI=1S/C32H28FN3O/c33-29-8-4-5-9-31(29)36-22-20-35(21-23-36)30(19-12-24-10-13-28(14-11-24)32(34)37)27-17-15-26(16-18-27)25-6-2-1-3-7-25/h1-11,13-18,30H,20-23H2,(H2,34,37). The molecule has 4 aromatic rings. The number of anilines is 1. The lowest BCUT2D eigenvalue weighted by Crippen LogP contribution is -2.47. The predicted octanol–water partition coefficient (Wildman–Crippen LogP) is 5.51. The van der Waals surface area contributed by atoms with Crippen LogP contribution in [0.25, 0.3) is 11.1 Å². The highest BCUT2D eigenvalue weighted by atomic mass is 19.1. The first-order valence-corrected chi connectivity index (χ1v) is 12.4. The van der Waals surface area contributed by atoms with Gasteiger partial charge in [0.05, 0.1) is 11.7 Å². The molecular weight excluding hydrogens is 461 g/mol. The van der Waals surface area contributed by atoms with Crippen LogP contribution in [0.5, 0.6) is 0 Å². The van der Waals surface area contributed by atoms with Crippen LogP contribution in [-0.4, -0.2) is 37.0 Å². The van der Waals surface area contributed by atoms with Crippen LogP contribution in [0.4, 0.5) is 10.1 Å². The Hall–Kier alpha value is -4.40. The molecule has 0 bridgehead atoms. The number of benzene rings is 4. The van der Waals surface area contributed by atoms with Crippen molar-refractivity contribution in [1.29, 1.82) is 0 Å². The number of hydrogen-bond donors (Lipinski definition) is 1. The zero-order valence-corrected chi connectivity index (χ0v) is 20.5. The van der Waals surface area contributed by atoms with E-state index in [1.807, 2.05) is 42.5 Å². The molecule has 2 N–H and O–H groups in total. The van der Waals surface area contributed by atoms with E-state index in [9.17, 15) is 9.18 Å². The minimum atomic E-state index is -0.455. The summed E-state index contributed by atoms with van der Waals surface area (Å²) >= 11 is 0. The normalized spacial score (nSPS) is 14.5. The van der Waals surface area contributed by atoms with Gasteiger partial charge in [0.25, 0.3) is 0 Å². The van der Waals surface area contributed by atoms with E-state index in [0.29, 0.717) is 24.3 Å². The van der Waals surface area contributed by atoms with Crippen LogP contribution in [0, 0.1) is 17.7 Å². The Morgan fingerprint density at radius 1 is 0.757 bits per heavy atom. The first-order chi connectivity index (χ1) is 18.1. The first-order valence-electron chi connectivity index (χ1n) is 12.4. The molecule has 1 fully saturated rings. The number of amides is 1. The Morgan fingerprint density at radius 2 is 1.38 bits per heavy atom. The SMILES string of the molecule is NC(=O)c1ccc(C#CC(c2ccc(-c3ccccc3)cc2)N2CCN(c3ccccc3F)CC2)cc1. The second-order valence-corrected chi connectivity index (χ2v) is 9.08. The fraction of sp³-hybridized carbons (Fsp3) is 0.156. The number of hydrogen-bond acceptors (Lipinski definition) is 3. The van der Waals surface area contributed by atoms with E-state index in [2.05, 4.69) is 58.0 Å². The summed E-state index contributed by atoms with van der Waals surface area (Å²) < 4.78 is 14.4. The van der Waals surface area contributed by atoms with Gasteiger partial charge in [-0.1, -0.05) is 78.6 Å². The second kappa shape index (κ2) is 11.1. The summed E-state index contributed by atoms with van der Waals surface area (Å²) in [4.78, 5) is 15.8. The van der Waals surface area contributed by atoms with Crippen LogP contribution >= 0.6 is 0 Å². The summed E-state index contributed by atoms with van der Waals surface area (Å²) in [5.41, 5.74) is 10.7. The summed E-state index contributed by atoms with van der Waals surface area (Å²) in [5.74, 6) is 6.10. The topological polar surface area (TPSA) is 49.6 Å². The maximum Gasteiger partial charge on any atom is 0.248 e. The quantitative estimate of drug-likeness (QED) is 0.376. The zero-order valence-electron chi connectivity index (χ0n) is 20.5. The van der Waals surface area contributed by atoms with Crippen molar-refractivity contribution in [1.82, 2.24) is 4.90 Å². The Labute approximate surface area is 217 Å². The molecule has 5 rings (SSSR count). The summed E-state index contributed by atoms with van der Waals surface area (Å²) in [6.45, 7) is 2.95. The molecule has 37 heavy (non-hydrogen) atoms. The Morgan fingerprint density at radius 3 is 2.03 bits per heavy atom. The third-order valence-electron chi connectivity index (χ3n) is 6.73. The highest BCUT2D eigenvalue weighted by Gasteiger charge is 2.25. The molecule has 5 heteroatoms. The van der Waals surface area contributed by atoms with E-state index < -0.39 is 5.91 Å². The maximum absolute atomic E-state index is 14.4. The molecule has 0 spiro atoms. The number of nitrogens with two attached hydrogens (primary N) is 1. The van der Waals surface area contributed by atoms with Crippen molar-refractivity contribution < 1.29 is 9.18 Å². The molecule has 0 radical (unpaired) electrons. The Balaban J connectivity index is 1.40. The van der Waals surface area contributed by atoms with Crippen molar-refractivity contribution in [3.05, 3.63) is 126 Å². The van der Waals surface area contributed by atoms with Gasteiger partial charge in [-0.15, -0.1) is 0 Å². The number of piperazine rings is 1. The maximum atomic E-state index is 14.4. The second-order valence-electron chi connectivity index (χ2n) is 9.08. The van der Waals surface area contributed by atoms with Gasteiger partial charge in [0.1, 0.15) is 5.82 Å². The van der Waals surface area contributed by atoms with Gasteiger partial charge in [0, 0.05) is 37.3 Å². The van der Waals surface area contributed by atoms with E-state index in [1.54, 1.807) is 18.2 Å². The van der Waals surface area contributed by atoms with Gasteiger partial charge in [-0.05, 0) is 53.1 Å². The molecule has 4 nitrogen and oxygen atoms in total. The van der Waals surface area contributed by atoms with Crippen LogP contribution in [0.2, 0.25) is 0 Å². The van der Waals surface area contributed by atoms with Gasteiger partial charge < -0.3 is 10.6 Å². The van der Waals surface area contributed by atoms with Crippen molar-refractivity contribution in [2.24, 2.45) is 5.73 Å². The molecule has 184 valence electrons. The van der Waals surface area contributed by atoms with Crippen molar-refractivity contribution in [2.45, 2.75) is 6.04 Å². The number of carbonyl (C=O) groups is 1. The third-order valence-corrected chi connectivity index (χ3v) is 6.73. The fourth-order valence-electron chi connectivity index (χ4n) is 4.67. The van der Waals surface area contributed by atoms with Gasteiger partial charge in [0.2, 0.25) is 5.91 Å². The molecule has 0 saturated carbocycles. The number of rotatable bonds is 5. The van der Waals surface area contributed by atoms with Gasteiger partial charge >= 0.3 is 0 Å². The van der Waals surface area contributed by atoms with E-state index >= 15 is 0 Å². The number of halogens is 1. The highest BCUT2D eigenvalue weighted by molar-refractivity contribution is 5.92. The summed E-state index contributed by atoms with van der Waals surface area (Å²) in [5, 5.41) is 0. The van der Waals surface area contributed by atoms with Gasteiger partial charge in [-0.2, -0.15) is 0 Å². The first kappa shape index (κ1) is 24.3. The van der Waals surface area contributed by atoms with E-state index in [0.717, 1.165) is 29.8 Å². The number of nitrogens with zero attached hydrogens (tertiary/aromatic N) is 2. The smallest absolute Gasteiger partial charge is 0.248 e. The average Bonchev–Trinajstić information content (AvgIpc) is 2.95. The van der Waals surface area contributed by atoms with Crippen molar-refractivity contribution in [3.8, 4) is 23.0 Å². The molecule has 0 aliphatic carbocycles. The highest BCUT2D eigenvalue weighted by Crippen LogP contribution is 2.27. The molecule has 1 heterocycles. The van der Waals surface area contributed by atoms with Crippen LogP contribution in [0.1, 0.15) is 27.5 Å². The Kier molecular flexibility index (Phi) is 7.30. The zero-order chi connectivity index (χ0) is 25.6. The largest absolute Gasteiger partial charge is 0.367 e. The molecule has 1 amide bonds. The van der Waals surface area contributed by atoms with E-state index in [1.165, 1.54) is 11.6 Å². The lowest BCUT2D eigenvalue weighted by Gasteiger charge is -2.39. The lowest BCUT2D eigenvalue weighted by molar-refractivity contribution is 0.100. The Bertz CT molecular complexity index is 1420. The van der Waals surface area contributed by atoms with Crippen LogP contribution in [0.3, 0.4) is 0 Å². The lowest BCUT2D eigenvalue weighted by atomic mass is 9.99. The summed E-state index contributed by atoms with van der Waals surface area (Å²) in [7, 11) is 0. The van der Waals surface area contributed by atoms with Crippen molar-refractivity contribution >= 4 is 11.6 Å². The number of carbonyl (C=O) groups excluding carboxylic acids is 1. The van der Waals surface area contributed by atoms with Gasteiger partial charge in [0.15, 0.2) is 0 Å². The molecule has 0 aromatic heterocycles. The average molecular weight is 490 g/mol. The van der Waals surface area contributed by atoms with Crippen LogP contribution in [-0.2, 0) is 0 Å². The number of para-hydroxylation sites is 1. The van der Waals surface area contributed by atoms with E-state index in [-0.39, 0.29) is 11.9 Å². The summed E-state index contributed by atoms with van der Waals surface area (Å²) in [6.07, 6.45) is 0. The van der Waals surface area contributed by atoms with Gasteiger partial charge in [-0.3, -0.25) is 9.69 Å². The van der Waals surface area contributed by atoms with Crippen LogP contribution in [0.15, 0.2) is 103 Å². The fourth-order valence-corrected chi connectivity index (χ4v) is 4.67. The monoisotopic (exact) mass is 489 g/mol. The predicted molar refractivity (Wildman–Crippen MR) is 147 cm³/mol. The molecule has 4 aromatic carbocycles. The minimum absolute atomic E-state index is 0.122. The minimum Gasteiger partial charge on any atom is -0.367 e. The molecule has 1 atom stereocenters.